The summed E-state index contributed by atoms with van der Waals surface area (Å²) in [5.74, 6) is 0.0777. The van der Waals surface area contributed by atoms with Crippen molar-refractivity contribution in [3.8, 4) is 11.1 Å². The van der Waals surface area contributed by atoms with Crippen LogP contribution in [-0.4, -0.2) is 48.0 Å². The van der Waals surface area contributed by atoms with Crippen LogP contribution in [0, 0.1) is 5.92 Å². The van der Waals surface area contributed by atoms with Crippen LogP contribution < -0.4 is 16.0 Å². The highest BCUT2D eigenvalue weighted by Crippen LogP contribution is 2.43. The molecule has 5 aromatic rings. The Hall–Kier alpha value is -5.46. The van der Waals surface area contributed by atoms with Gasteiger partial charge in [0.1, 0.15) is 6.04 Å². The lowest BCUT2D eigenvalue weighted by Crippen LogP contribution is -2.47. The molecule has 56 heavy (non-hydrogen) atoms. The molecule has 1 heterocycles. The number of anilines is 1. The number of amides is 3. The summed E-state index contributed by atoms with van der Waals surface area (Å²) >= 11 is 1.69. The number of thioether (sulfide) groups is 1. The van der Waals surface area contributed by atoms with Crippen LogP contribution in [0.1, 0.15) is 54.1 Å². The molecule has 1 saturated heterocycles. The first-order valence-corrected chi connectivity index (χ1v) is 19.5. The van der Waals surface area contributed by atoms with Crippen LogP contribution >= 0.6 is 11.8 Å². The van der Waals surface area contributed by atoms with Crippen LogP contribution in [0.5, 0.6) is 0 Å². The summed E-state index contributed by atoms with van der Waals surface area (Å²) in [7, 11) is 1.31. The molecular weight excluding hydrogens is 727 g/mol. The first-order valence-electron chi connectivity index (χ1n) is 18.6. The van der Waals surface area contributed by atoms with Crippen molar-refractivity contribution in [1.82, 2.24) is 10.6 Å². The predicted molar refractivity (Wildman–Crippen MR) is 218 cm³/mol. The summed E-state index contributed by atoms with van der Waals surface area (Å²) in [5, 5.41) is 18.1. The van der Waals surface area contributed by atoms with E-state index in [1.807, 2.05) is 127 Å². The van der Waals surface area contributed by atoms with Gasteiger partial charge in [0.05, 0.1) is 25.9 Å². The zero-order valence-corrected chi connectivity index (χ0v) is 32.5. The molecular formula is C45H47N3O7S. The van der Waals surface area contributed by atoms with E-state index < -0.39 is 24.3 Å². The predicted octanol–water partition coefficient (Wildman–Crippen LogP) is 7.97. The number of hydrogen-bond donors (Lipinski definition) is 4. The Bertz CT molecular complexity index is 2060. The van der Waals surface area contributed by atoms with E-state index >= 15 is 0 Å². The first kappa shape index (κ1) is 40.2. The number of aliphatic hydroxyl groups is 1. The summed E-state index contributed by atoms with van der Waals surface area (Å²) in [6.07, 6.45) is -0.726. The molecule has 290 valence electrons. The van der Waals surface area contributed by atoms with Crippen LogP contribution in [0.15, 0.2) is 132 Å². The van der Waals surface area contributed by atoms with Crippen molar-refractivity contribution in [2.75, 3.05) is 18.2 Å². The van der Waals surface area contributed by atoms with E-state index in [1.54, 1.807) is 11.8 Å². The third kappa shape index (κ3) is 10.6. The second kappa shape index (κ2) is 19.4. The Labute approximate surface area is 332 Å². The van der Waals surface area contributed by atoms with Crippen molar-refractivity contribution in [3.05, 3.63) is 155 Å². The third-order valence-corrected chi connectivity index (χ3v) is 10.8. The molecule has 5 aromatic carbocycles. The number of carbonyl (C=O) groups excluding carboxylic acids is 3. The average Bonchev–Trinajstić information content (AvgIpc) is 3.23. The molecule has 0 unspecified atom stereocenters. The number of esters is 1. The van der Waals surface area contributed by atoms with Crippen molar-refractivity contribution in [1.29, 1.82) is 0 Å². The van der Waals surface area contributed by atoms with E-state index in [0.717, 1.165) is 49.5 Å². The van der Waals surface area contributed by atoms with Gasteiger partial charge in [-0.1, -0.05) is 110 Å². The Kier molecular flexibility index (Phi) is 13.9. The van der Waals surface area contributed by atoms with E-state index in [2.05, 4.69) is 22.9 Å². The fourth-order valence-corrected chi connectivity index (χ4v) is 7.74. The number of hydrogen-bond acceptors (Lipinski definition) is 8. The normalized spacial score (nSPS) is 18.4. The molecule has 3 amide bonds. The van der Waals surface area contributed by atoms with Gasteiger partial charge in [-0.2, -0.15) is 0 Å². The number of carbonyl (C=O) groups is 3. The topological polar surface area (TPSA) is 135 Å². The highest BCUT2D eigenvalue weighted by molar-refractivity contribution is 7.99. The molecule has 4 N–H and O–H groups in total. The van der Waals surface area contributed by atoms with Gasteiger partial charge in [0, 0.05) is 47.7 Å². The Morgan fingerprint density at radius 2 is 1.48 bits per heavy atom. The van der Waals surface area contributed by atoms with Crippen LogP contribution in [0.3, 0.4) is 0 Å². The smallest absolute Gasteiger partial charge is 0.328 e. The zero-order chi connectivity index (χ0) is 39.4. The number of aliphatic hydroxyl groups excluding tert-OH is 1. The van der Waals surface area contributed by atoms with E-state index in [4.69, 9.17) is 14.2 Å². The molecule has 5 atom stereocenters. The van der Waals surface area contributed by atoms with Crippen molar-refractivity contribution >= 4 is 35.4 Å². The van der Waals surface area contributed by atoms with Crippen molar-refractivity contribution in [2.45, 2.75) is 62.9 Å². The summed E-state index contributed by atoms with van der Waals surface area (Å²) in [5.41, 5.74) is 7.18. The molecule has 0 aromatic heterocycles. The standard InChI is InChI=1S/C45H47N3O7S/c1-29-41(28-56-38-23-21-37(22-24-38)47-30(2)50)54-44(55-42(29)34-15-13-32(27-49)14-16-34)35-19-17-33(18-20-35)39-12-8-7-11-36(39)26-46-45(52)48-40(43(51)53-3)25-31-9-5-4-6-10-31/h4-24,29,40-42,44,49H,25-28H2,1-3H3,(H,47,50)(H2,46,48,52)/t29-,40+,41+,42+,44+/m1/s1. The van der Waals surface area contributed by atoms with Crippen molar-refractivity contribution < 1.29 is 33.7 Å². The van der Waals surface area contributed by atoms with Crippen molar-refractivity contribution in [2.24, 2.45) is 5.92 Å². The maximum absolute atomic E-state index is 13.0. The molecule has 10 nitrogen and oxygen atoms in total. The van der Waals surface area contributed by atoms with Gasteiger partial charge in [-0.05, 0) is 57.6 Å². The largest absolute Gasteiger partial charge is 0.467 e. The lowest BCUT2D eigenvalue weighted by molar-refractivity contribution is -0.268. The van der Waals surface area contributed by atoms with Crippen LogP contribution in [0.25, 0.3) is 11.1 Å². The molecule has 1 aliphatic rings. The van der Waals surface area contributed by atoms with Gasteiger partial charge in [0.2, 0.25) is 5.91 Å². The number of nitrogens with one attached hydrogen (secondary N) is 3. The molecule has 0 radical (unpaired) electrons. The van der Waals surface area contributed by atoms with Crippen molar-refractivity contribution in [3.63, 3.8) is 0 Å². The van der Waals surface area contributed by atoms with Gasteiger partial charge in [0.25, 0.3) is 0 Å². The van der Waals surface area contributed by atoms with Crippen LogP contribution in [-0.2, 0) is 43.4 Å². The van der Waals surface area contributed by atoms with E-state index in [0.29, 0.717) is 12.2 Å². The molecule has 0 aliphatic carbocycles. The monoisotopic (exact) mass is 773 g/mol. The minimum Gasteiger partial charge on any atom is -0.467 e. The van der Waals surface area contributed by atoms with Crippen LogP contribution in [0.2, 0.25) is 0 Å². The maximum Gasteiger partial charge on any atom is 0.328 e. The minimum atomic E-state index is -0.835. The number of urea groups is 1. The fraction of sp³-hybridized carbons (Fsp3) is 0.267. The van der Waals surface area contributed by atoms with Gasteiger partial charge in [0.15, 0.2) is 6.29 Å². The zero-order valence-electron chi connectivity index (χ0n) is 31.6. The summed E-state index contributed by atoms with van der Waals surface area (Å²) < 4.78 is 18.3. The molecule has 6 rings (SSSR count). The summed E-state index contributed by atoms with van der Waals surface area (Å²) in [6, 6.07) is 39.7. The molecule has 0 saturated carbocycles. The summed E-state index contributed by atoms with van der Waals surface area (Å²) in [6.45, 7) is 3.83. The van der Waals surface area contributed by atoms with E-state index in [1.165, 1.54) is 14.0 Å². The number of methoxy groups -OCH3 is 1. The van der Waals surface area contributed by atoms with Gasteiger partial charge in [-0.15, -0.1) is 11.8 Å². The van der Waals surface area contributed by atoms with E-state index in [9.17, 15) is 19.5 Å². The lowest BCUT2D eigenvalue weighted by atomic mass is 9.91. The molecule has 0 bridgehead atoms. The summed E-state index contributed by atoms with van der Waals surface area (Å²) in [4.78, 5) is 38.0. The maximum atomic E-state index is 13.0. The Morgan fingerprint density at radius 3 is 2.16 bits per heavy atom. The molecule has 0 spiro atoms. The lowest BCUT2D eigenvalue weighted by Gasteiger charge is -2.41. The number of ether oxygens (including phenoxy) is 3. The molecule has 1 fully saturated rings. The Balaban J connectivity index is 1.15. The second-order valence-corrected chi connectivity index (χ2v) is 14.8. The fourth-order valence-electron chi connectivity index (χ4n) is 6.67. The first-order chi connectivity index (χ1) is 27.2. The van der Waals surface area contributed by atoms with Gasteiger partial charge in [-0.3, -0.25) is 4.79 Å². The Morgan fingerprint density at radius 1 is 0.804 bits per heavy atom. The number of benzene rings is 5. The highest BCUT2D eigenvalue weighted by atomic mass is 32.2. The van der Waals surface area contributed by atoms with E-state index in [-0.39, 0.29) is 37.2 Å². The third-order valence-electron chi connectivity index (χ3n) is 9.74. The highest BCUT2D eigenvalue weighted by Gasteiger charge is 2.38. The quantitative estimate of drug-likeness (QED) is 0.0660. The molecule has 1 aliphatic heterocycles. The second-order valence-electron chi connectivity index (χ2n) is 13.7. The van der Waals surface area contributed by atoms with Gasteiger partial charge < -0.3 is 35.3 Å². The number of rotatable bonds is 14. The SMILES string of the molecule is COC(=O)[C@H](Cc1ccccc1)NC(=O)NCc1ccccc1-c1ccc([C@H]2O[C@@H](CSc3ccc(NC(C)=O)cc3)[C@@H](C)[C@@H](c3ccc(CO)cc3)O2)cc1. The van der Waals surface area contributed by atoms with Gasteiger partial charge >= 0.3 is 12.0 Å². The van der Waals surface area contributed by atoms with Gasteiger partial charge in [-0.25, -0.2) is 9.59 Å². The molecule has 11 heteroatoms. The average molecular weight is 774 g/mol. The van der Waals surface area contributed by atoms with Crippen LogP contribution in [0.4, 0.5) is 10.5 Å². The minimum absolute atomic E-state index is 0.0227.